The van der Waals surface area contributed by atoms with Gasteiger partial charge in [0, 0.05) is 6.92 Å². The standard InChI is InChI=1S/C16H13F3N4O2/c1-8(24)13-12-14(20-9(2)21-15(12)25)23(22-13)7-10-3-5-11(6-4-10)16(17,18)19/h3-6H,7H2,1-2H3,(H,20,21,25). The molecule has 1 N–H and O–H groups in total. The van der Waals surface area contributed by atoms with Crippen LogP contribution in [0.25, 0.3) is 11.0 Å². The predicted molar refractivity (Wildman–Crippen MR) is 83.4 cm³/mol. The molecule has 0 aliphatic rings. The number of alkyl halides is 3. The van der Waals surface area contributed by atoms with Crippen molar-refractivity contribution >= 4 is 16.8 Å². The smallest absolute Gasteiger partial charge is 0.310 e. The number of carbonyl (C=O) groups is 1. The lowest BCUT2D eigenvalue weighted by Crippen LogP contribution is -2.12. The summed E-state index contributed by atoms with van der Waals surface area (Å²) in [6.45, 7) is 2.95. The first-order valence-corrected chi connectivity index (χ1v) is 7.31. The van der Waals surface area contributed by atoms with Crippen LogP contribution in [-0.4, -0.2) is 25.5 Å². The fourth-order valence-corrected chi connectivity index (χ4v) is 2.52. The lowest BCUT2D eigenvalue weighted by Gasteiger charge is -2.08. The molecule has 6 nitrogen and oxygen atoms in total. The van der Waals surface area contributed by atoms with E-state index in [9.17, 15) is 22.8 Å². The fraction of sp³-hybridized carbons (Fsp3) is 0.250. The highest BCUT2D eigenvalue weighted by Crippen LogP contribution is 2.29. The molecule has 3 aromatic rings. The van der Waals surface area contributed by atoms with Gasteiger partial charge in [0.15, 0.2) is 11.4 Å². The van der Waals surface area contributed by atoms with Crippen LogP contribution in [0.2, 0.25) is 0 Å². The summed E-state index contributed by atoms with van der Waals surface area (Å²) in [5, 5.41) is 4.19. The zero-order chi connectivity index (χ0) is 18.4. The average molecular weight is 350 g/mol. The van der Waals surface area contributed by atoms with Crippen molar-refractivity contribution in [2.75, 3.05) is 0 Å². The van der Waals surface area contributed by atoms with Gasteiger partial charge in [0.25, 0.3) is 5.56 Å². The zero-order valence-corrected chi connectivity index (χ0v) is 13.3. The Morgan fingerprint density at radius 1 is 1.24 bits per heavy atom. The Morgan fingerprint density at radius 2 is 1.88 bits per heavy atom. The van der Waals surface area contributed by atoms with Crippen LogP contribution < -0.4 is 5.56 Å². The Kier molecular flexibility index (Phi) is 3.94. The maximum absolute atomic E-state index is 12.6. The largest absolute Gasteiger partial charge is 0.416 e. The van der Waals surface area contributed by atoms with E-state index in [-0.39, 0.29) is 23.3 Å². The van der Waals surface area contributed by atoms with E-state index in [0.717, 1.165) is 12.1 Å². The monoisotopic (exact) mass is 350 g/mol. The third kappa shape index (κ3) is 3.17. The molecule has 2 aromatic heterocycles. The van der Waals surface area contributed by atoms with Crippen molar-refractivity contribution in [3.8, 4) is 0 Å². The minimum Gasteiger partial charge on any atom is -0.310 e. The number of rotatable bonds is 3. The van der Waals surface area contributed by atoms with E-state index in [2.05, 4.69) is 15.1 Å². The molecule has 130 valence electrons. The summed E-state index contributed by atoms with van der Waals surface area (Å²) in [6, 6.07) is 4.59. The number of aryl methyl sites for hydroxylation is 1. The lowest BCUT2D eigenvalue weighted by molar-refractivity contribution is -0.137. The Labute approximate surface area is 139 Å². The molecule has 0 unspecified atom stereocenters. The van der Waals surface area contributed by atoms with Gasteiger partial charge in [-0.1, -0.05) is 12.1 Å². The van der Waals surface area contributed by atoms with Gasteiger partial charge in [-0.2, -0.15) is 18.3 Å². The second-order valence-corrected chi connectivity index (χ2v) is 5.61. The third-order valence-electron chi connectivity index (χ3n) is 3.67. The van der Waals surface area contributed by atoms with Gasteiger partial charge in [0.1, 0.15) is 16.9 Å². The molecule has 0 aliphatic heterocycles. The van der Waals surface area contributed by atoms with Crippen LogP contribution in [0.5, 0.6) is 0 Å². The molecule has 0 radical (unpaired) electrons. The Hall–Kier alpha value is -2.97. The molecule has 0 saturated heterocycles. The fourth-order valence-electron chi connectivity index (χ4n) is 2.52. The quantitative estimate of drug-likeness (QED) is 0.737. The molecule has 0 aliphatic carbocycles. The molecule has 0 saturated carbocycles. The maximum Gasteiger partial charge on any atom is 0.416 e. The number of aromatic nitrogens is 4. The van der Waals surface area contributed by atoms with Crippen molar-refractivity contribution in [1.82, 2.24) is 19.7 Å². The predicted octanol–water partition coefficient (Wildman–Crippen LogP) is 2.70. The highest BCUT2D eigenvalue weighted by Gasteiger charge is 2.30. The molecule has 0 fully saturated rings. The van der Waals surface area contributed by atoms with Crippen LogP contribution in [0.3, 0.4) is 0 Å². The summed E-state index contributed by atoms with van der Waals surface area (Å²) in [7, 11) is 0. The minimum absolute atomic E-state index is 0.0179. The number of H-pyrrole nitrogens is 1. The van der Waals surface area contributed by atoms with Crippen molar-refractivity contribution in [3.05, 3.63) is 57.3 Å². The first kappa shape index (κ1) is 16.9. The topological polar surface area (TPSA) is 80.6 Å². The van der Waals surface area contributed by atoms with E-state index in [1.807, 2.05) is 0 Å². The number of carbonyl (C=O) groups excluding carboxylic acids is 1. The van der Waals surface area contributed by atoms with Gasteiger partial charge in [-0.25, -0.2) is 9.67 Å². The van der Waals surface area contributed by atoms with Crippen molar-refractivity contribution in [2.24, 2.45) is 0 Å². The number of nitrogens with zero attached hydrogens (tertiary/aromatic N) is 3. The molecule has 0 atom stereocenters. The molecular weight excluding hydrogens is 337 g/mol. The van der Waals surface area contributed by atoms with Crippen LogP contribution >= 0.6 is 0 Å². The number of benzene rings is 1. The van der Waals surface area contributed by atoms with Gasteiger partial charge in [-0.15, -0.1) is 0 Å². The van der Waals surface area contributed by atoms with Gasteiger partial charge in [0.05, 0.1) is 12.1 Å². The number of nitrogens with one attached hydrogen (secondary N) is 1. The van der Waals surface area contributed by atoms with Gasteiger partial charge in [0.2, 0.25) is 0 Å². The zero-order valence-electron chi connectivity index (χ0n) is 13.3. The molecule has 3 rings (SSSR count). The molecule has 0 spiro atoms. The number of Topliss-reactive ketones (excluding diaryl/α,β-unsaturated/α-hetero) is 1. The summed E-state index contributed by atoms with van der Waals surface area (Å²) < 4.78 is 39.2. The summed E-state index contributed by atoms with van der Waals surface area (Å²) in [6.07, 6.45) is -4.41. The number of fused-ring (bicyclic) bond motifs is 1. The molecule has 0 amide bonds. The molecule has 25 heavy (non-hydrogen) atoms. The second kappa shape index (κ2) is 5.83. The first-order chi connectivity index (χ1) is 11.7. The second-order valence-electron chi connectivity index (χ2n) is 5.61. The summed E-state index contributed by atoms with van der Waals surface area (Å²) in [4.78, 5) is 30.6. The SMILES string of the molecule is CC(=O)c1nn(Cc2ccc(C(F)(F)F)cc2)c2nc(C)[nH]c(=O)c12. The van der Waals surface area contributed by atoms with Gasteiger partial charge < -0.3 is 4.98 Å². The highest BCUT2D eigenvalue weighted by molar-refractivity contribution is 6.03. The number of hydrogen-bond donors (Lipinski definition) is 1. The maximum atomic E-state index is 12.6. The van der Waals surface area contributed by atoms with Crippen LogP contribution in [0, 0.1) is 6.92 Å². The van der Waals surface area contributed by atoms with Gasteiger partial charge in [-0.3, -0.25) is 9.59 Å². The van der Waals surface area contributed by atoms with Crippen molar-refractivity contribution in [3.63, 3.8) is 0 Å². The minimum atomic E-state index is -4.41. The van der Waals surface area contributed by atoms with Crippen molar-refractivity contribution < 1.29 is 18.0 Å². The molecule has 9 heteroatoms. The van der Waals surface area contributed by atoms with E-state index < -0.39 is 23.1 Å². The van der Waals surface area contributed by atoms with Crippen molar-refractivity contribution in [2.45, 2.75) is 26.6 Å². The number of hydrogen-bond acceptors (Lipinski definition) is 4. The molecular formula is C16H13F3N4O2. The van der Waals surface area contributed by atoms with E-state index in [4.69, 9.17) is 0 Å². The van der Waals surface area contributed by atoms with Gasteiger partial charge >= 0.3 is 6.18 Å². The number of aromatic amines is 1. The van der Waals surface area contributed by atoms with Crippen LogP contribution in [0.4, 0.5) is 13.2 Å². The third-order valence-corrected chi connectivity index (χ3v) is 3.67. The van der Waals surface area contributed by atoms with Crippen LogP contribution in [0.1, 0.15) is 34.4 Å². The molecule has 0 bridgehead atoms. The van der Waals surface area contributed by atoms with E-state index in [1.54, 1.807) is 6.92 Å². The number of ketones is 1. The van der Waals surface area contributed by atoms with Gasteiger partial charge in [-0.05, 0) is 24.6 Å². The van der Waals surface area contributed by atoms with E-state index in [1.165, 1.54) is 23.7 Å². The molecule has 2 heterocycles. The average Bonchev–Trinajstić information content (AvgIpc) is 2.86. The summed E-state index contributed by atoms with van der Waals surface area (Å²) >= 11 is 0. The normalized spacial score (nSPS) is 11.9. The summed E-state index contributed by atoms with van der Waals surface area (Å²) in [5.74, 6) is -0.0477. The first-order valence-electron chi connectivity index (χ1n) is 7.31. The Balaban J connectivity index is 2.07. The van der Waals surface area contributed by atoms with E-state index >= 15 is 0 Å². The van der Waals surface area contributed by atoms with E-state index in [0.29, 0.717) is 11.4 Å². The van der Waals surface area contributed by atoms with Crippen LogP contribution in [0.15, 0.2) is 29.1 Å². The van der Waals surface area contributed by atoms with Crippen LogP contribution in [-0.2, 0) is 12.7 Å². The molecule has 1 aromatic carbocycles. The number of halogens is 3. The Bertz CT molecular complexity index is 1020. The Morgan fingerprint density at radius 3 is 2.44 bits per heavy atom. The highest BCUT2D eigenvalue weighted by atomic mass is 19.4. The summed E-state index contributed by atoms with van der Waals surface area (Å²) in [5.41, 5.74) is -0.503. The lowest BCUT2D eigenvalue weighted by atomic mass is 10.1. The van der Waals surface area contributed by atoms with Crippen molar-refractivity contribution in [1.29, 1.82) is 0 Å².